The molecule has 0 radical (unpaired) electrons. The van der Waals surface area contributed by atoms with E-state index in [0.717, 1.165) is 6.42 Å². The maximum absolute atomic E-state index is 10.9. The van der Waals surface area contributed by atoms with Gasteiger partial charge in [0.25, 0.3) is 0 Å². The molecule has 0 aliphatic heterocycles. The first-order chi connectivity index (χ1) is 5.59. The number of hydrogen-bond acceptors (Lipinski definition) is 1. The number of hydrogen-bond donors (Lipinski definition) is 0. The number of aromatic nitrogens is 1. The molecule has 1 aromatic heterocycles. The Morgan fingerprint density at radius 2 is 2.33 bits per heavy atom. The molecule has 1 aromatic rings. The summed E-state index contributed by atoms with van der Waals surface area (Å²) < 4.78 is 2.00. The maximum Gasteiger partial charge on any atom is 0.132 e. The van der Waals surface area contributed by atoms with Crippen molar-refractivity contribution in [2.45, 2.75) is 20.3 Å². The lowest BCUT2D eigenvalue weighted by molar-refractivity contribution is -0.120. The topological polar surface area (TPSA) is 22.0 Å². The quantitative estimate of drug-likeness (QED) is 0.669. The molecule has 0 amide bonds. The third kappa shape index (κ3) is 2.22. The van der Waals surface area contributed by atoms with Crippen LogP contribution < -0.4 is 0 Å². The van der Waals surface area contributed by atoms with Crippen LogP contribution in [0.4, 0.5) is 0 Å². The molecule has 0 spiro atoms. The Hall–Kier alpha value is -1.05. The van der Waals surface area contributed by atoms with Crippen LogP contribution in [0.15, 0.2) is 18.5 Å². The van der Waals surface area contributed by atoms with Crippen LogP contribution in [0.3, 0.4) is 0 Å². The Kier molecular flexibility index (Phi) is 2.69. The van der Waals surface area contributed by atoms with Gasteiger partial charge in [-0.25, -0.2) is 0 Å². The lowest BCUT2D eigenvalue weighted by Gasteiger charge is -2.04. The van der Waals surface area contributed by atoms with Crippen molar-refractivity contribution in [2.24, 2.45) is 13.0 Å². The molecule has 2 heteroatoms. The van der Waals surface area contributed by atoms with Crippen molar-refractivity contribution in [3.63, 3.8) is 0 Å². The highest BCUT2D eigenvalue weighted by Crippen LogP contribution is 2.08. The predicted octanol–water partition coefficient (Wildman–Crippen LogP) is 1.79. The number of rotatable bonds is 3. The third-order valence-corrected chi connectivity index (χ3v) is 2.13. The van der Waals surface area contributed by atoms with Crippen molar-refractivity contribution < 1.29 is 4.79 Å². The molecule has 1 rings (SSSR count). The van der Waals surface area contributed by atoms with E-state index < -0.39 is 0 Å². The zero-order valence-corrected chi connectivity index (χ0v) is 7.87. The summed E-state index contributed by atoms with van der Waals surface area (Å²) >= 11 is 0. The van der Waals surface area contributed by atoms with E-state index in [1.807, 2.05) is 24.7 Å². The van der Waals surface area contributed by atoms with Crippen molar-refractivity contribution in [3.05, 3.63) is 24.0 Å². The van der Waals surface area contributed by atoms with Gasteiger partial charge in [-0.3, -0.25) is 4.79 Å². The Morgan fingerprint density at radius 3 is 2.75 bits per heavy atom. The van der Waals surface area contributed by atoms with Gasteiger partial charge in [0, 0.05) is 25.4 Å². The molecular weight excluding hydrogens is 150 g/mol. The lowest BCUT2D eigenvalue weighted by atomic mass is 10.0. The van der Waals surface area contributed by atoms with Gasteiger partial charge in [-0.1, -0.05) is 6.92 Å². The monoisotopic (exact) mass is 165 g/mol. The first-order valence-electron chi connectivity index (χ1n) is 4.21. The van der Waals surface area contributed by atoms with Crippen molar-refractivity contribution in [2.75, 3.05) is 0 Å². The van der Waals surface area contributed by atoms with Gasteiger partial charge in [-0.15, -0.1) is 0 Å². The number of nitrogens with zero attached hydrogens (tertiary/aromatic N) is 1. The summed E-state index contributed by atoms with van der Waals surface area (Å²) in [6.07, 6.45) is 4.91. The Bertz CT molecular complexity index is 275. The average Bonchev–Trinajstić information content (AvgIpc) is 2.35. The van der Waals surface area contributed by atoms with Gasteiger partial charge in [-0.05, 0) is 25.0 Å². The normalized spacial score (nSPS) is 12.9. The van der Waals surface area contributed by atoms with E-state index in [0.29, 0.717) is 0 Å². The Labute approximate surface area is 73.2 Å². The summed E-state index contributed by atoms with van der Waals surface area (Å²) in [5.41, 5.74) is 1.24. The molecule has 0 aliphatic carbocycles. The minimum atomic E-state index is 0.146. The molecule has 1 heterocycles. The Morgan fingerprint density at radius 1 is 1.67 bits per heavy atom. The highest BCUT2D eigenvalue weighted by molar-refractivity contribution is 5.78. The molecule has 0 saturated heterocycles. The van der Waals surface area contributed by atoms with Gasteiger partial charge in [0.2, 0.25) is 0 Å². The van der Waals surface area contributed by atoms with E-state index in [1.165, 1.54) is 5.56 Å². The summed E-state index contributed by atoms with van der Waals surface area (Å²) in [5, 5.41) is 0. The van der Waals surface area contributed by atoms with Gasteiger partial charge in [-0.2, -0.15) is 0 Å². The van der Waals surface area contributed by atoms with E-state index in [-0.39, 0.29) is 11.7 Å². The number of carbonyl (C=O) groups excluding carboxylic acids is 1. The van der Waals surface area contributed by atoms with Crippen LogP contribution in [0, 0.1) is 5.92 Å². The van der Waals surface area contributed by atoms with Crippen molar-refractivity contribution >= 4 is 5.78 Å². The molecule has 66 valence electrons. The molecule has 2 nitrogen and oxygen atoms in total. The zero-order valence-electron chi connectivity index (χ0n) is 7.87. The van der Waals surface area contributed by atoms with Crippen LogP contribution >= 0.6 is 0 Å². The van der Waals surface area contributed by atoms with E-state index in [9.17, 15) is 4.79 Å². The second kappa shape index (κ2) is 3.57. The van der Waals surface area contributed by atoms with Crippen LogP contribution in [0.5, 0.6) is 0 Å². The van der Waals surface area contributed by atoms with E-state index in [2.05, 4.69) is 12.3 Å². The van der Waals surface area contributed by atoms with E-state index in [4.69, 9.17) is 0 Å². The van der Waals surface area contributed by atoms with Crippen molar-refractivity contribution in [1.29, 1.82) is 0 Å². The largest absolute Gasteiger partial charge is 0.357 e. The van der Waals surface area contributed by atoms with Gasteiger partial charge in [0.15, 0.2) is 0 Å². The first kappa shape index (κ1) is 9.04. The van der Waals surface area contributed by atoms with Gasteiger partial charge < -0.3 is 4.57 Å². The lowest BCUT2D eigenvalue weighted by Crippen LogP contribution is -2.08. The number of ketones is 1. The van der Waals surface area contributed by atoms with Crippen LogP contribution in [0.25, 0.3) is 0 Å². The number of aryl methyl sites for hydroxylation is 1. The molecule has 0 aliphatic rings. The summed E-state index contributed by atoms with van der Waals surface area (Å²) in [6.45, 7) is 3.61. The molecule has 0 aromatic carbocycles. The van der Waals surface area contributed by atoms with Crippen LogP contribution in [0.1, 0.15) is 19.4 Å². The smallest absolute Gasteiger partial charge is 0.132 e. The highest BCUT2D eigenvalue weighted by Gasteiger charge is 2.08. The zero-order chi connectivity index (χ0) is 9.14. The fraction of sp³-hybridized carbons (Fsp3) is 0.500. The molecule has 12 heavy (non-hydrogen) atoms. The average molecular weight is 165 g/mol. The summed E-state index contributed by atoms with van der Waals surface area (Å²) in [5.74, 6) is 0.409. The molecule has 0 fully saturated rings. The fourth-order valence-corrected chi connectivity index (χ4v) is 1.18. The first-order valence-corrected chi connectivity index (χ1v) is 4.21. The fourth-order valence-electron chi connectivity index (χ4n) is 1.18. The SMILES string of the molecule is CC(=O)C(C)Cc1ccn(C)c1. The molecule has 1 unspecified atom stereocenters. The molecule has 1 atom stereocenters. The minimum Gasteiger partial charge on any atom is -0.357 e. The molecule has 0 saturated carbocycles. The van der Waals surface area contributed by atoms with Gasteiger partial charge in [0.05, 0.1) is 0 Å². The summed E-state index contributed by atoms with van der Waals surface area (Å²) in [7, 11) is 1.99. The molecular formula is C10H15NO. The van der Waals surface area contributed by atoms with Crippen LogP contribution in [-0.2, 0) is 18.3 Å². The highest BCUT2D eigenvalue weighted by atomic mass is 16.1. The van der Waals surface area contributed by atoms with Gasteiger partial charge in [0.1, 0.15) is 5.78 Å². The van der Waals surface area contributed by atoms with Crippen LogP contribution in [-0.4, -0.2) is 10.4 Å². The molecule has 0 N–H and O–H groups in total. The second-order valence-electron chi connectivity index (χ2n) is 3.40. The van der Waals surface area contributed by atoms with E-state index in [1.54, 1.807) is 6.92 Å². The summed E-state index contributed by atoms with van der Waals surface area (Å²) in [4.78, 5) is 10.9. The standard InChI is InChI=1S/C10H15NO/c1-8(9(2)12)6-10-4-5-11(3)7-10/h4-5,7-8H,6H2,1-3H3. The van der Waals surface area contributed by atoms with Crippen molar-refractivity contribution in [3.8, 4) is 0 Å². The number of Topliss-reactive ketones (excluding diaryl/α,β-unsaturated/α-hetero) is 1. The number of carbonyl (C=O) groups is 1. The maximum atomic E-state index is 10.9. The third-order valence-electron chi connectivity index (χ3n) is 2.13. The Balaban J connectivity index is 2.58. The second-order valence-corrected chi connectivity index (χ2v) is 3.40. The predicted molar refractivity (Wildman–Crippen MR) is 49.0 cm³/mol. The summed E-state index contributed by atoms with van der Waals surface area (Å²) in [6, 6.07) is 2.06. The molecule has 0 bridgehead atoms. The minimum absolute atomic E-state index is 0.146. The van der Waals surface area contributed by atoms with Crippen molar-refractivity contribution in [1.82, 2.24) is 4.57 Å². The van der Waals surface area contributed by atoms with E-state index >= 15 is 0 Å². The van der Waals surface area contributed by atoms with Gasteiger partial charge >= 0.3 is 0 Å². The van der Waals surface area contributed by atoms with Crippen LogP contribution in [0.2, 0.25) is 0 Å².